The second-order valence-electron chi connectivity index (χ2n) is 7.42. The van der Waals surface area contributed by atoms with Crippen molar-refractivity contribution in [3.8, 4) is 17.2 Å². The summed E-state index contributed by atoms with van der Waals surface area (Å²) < 4.78 is 46.0. The quantitative estimate of drug-likeness (QED) is 0.535. The summed E-state index contributed by atoms with van der Waals surface area (Å²) in [4.78, 5) is 0.0655. The number of rotatable bonds is 7. The van der Waals surface area contributed by atoms with Crippen LogP contribution in [0.5, 0.6) is 17.2 Å². The number of sulfonamides is 1. The van der Waals surface area contributed by atoms with Gasteiger partial charge in [-0.05, 0) is 47.9 Å². The van der Waals surface area contributed by atoms with Gasteiger partial charge in [0.15, 0.2) is 11.5 Å². The molecule has 0 saturated carbocycles. The van der Waals surface area contributed by atoms with Gasteiger partial charge in [0.25, 0.3) is 0 Å². The zero-order valence-corrected chi connectivity index (χ0v) is 19.2. The zero-order chi connectivity index (χ0) is 22.6. The first kappa shape index (κ1) is 22.5. The third-order valence-corrected chi connectivity index (χ3v) is 6.95. The SMILES string of the molecule is COc1ccc(S(=O)(=O)NC(Cc2ccccc2)c2ccc3c(c2)OCCCO3)cc1Cl. The lowest BCUT2D eigenvalue weighted by molar-refractivity contribution is 0.297. The summed E-state index contributed by atoms with van der Waals surface area (Å²) in [6, 6.07) is 19.1. The second-order valence-corrected chi connectivity index (χ2v) is 9.54. The van der Waals surface area contributed by atoms with E-state index in [-0.39, 0.29) is 9.92 Å². The first-order valence-corrected chi connectivity index (χ1v) is 12.1. The fraction of sp³-hybridized carbons (Fsp3) is 0.250. The van der Waals surface area contributed by atoms with Crippen molar-refractivity contribution in [1.82, 2.24) is 4.72 Å². The molecular weight excluding hydrogens is 450 g/mol. The number of fused-ring (bicyclic) bond motifs is 1. The normalized spacial score (nSPS) is 14.4. The van der Waals surface area contributed by atoms with Gasteiger partial charge in [-0.2, -0.15) is 0 Å². The van der Waals surface area contributed by atoms with Crippen molar-refractivity contribution in [3.05, 3.63) is 82.9 Å². The van der Waals surface area contributed by atoms with Crippen LogP contribution in [0.3, 0.4) is 0 Å². The monoisotopic (exact) mass is 473 g/mol. The molecule has 32 heavy (non-hydrogen) atoms. The van der Waals surface area contributed by atoms with Crippen LogP contribution in [0.2, 0.25) is 5.02 Å². The molecule has 0 aliphatic carbocycles. The van der Waals surface area contributed by atoms with Gasteiger partial charge in [-0.15, -0.1) is 0 Å². The van der Waals surface area contributed by atoms with E-state index in [1.54, 1.807) is 0 Å². The molecule has 3 aromatic rings. The Hall–Kier alpha value is -2.74. The summed E-state index contributed by atoms with van der Waals surface area (Å²) in [6.45, 7) is 1.14. The van der Waals surface area contributed by atoms with Crippen LogP contribution in [-0.4, -0.2) is 28.7 Å². The van der Waals surface area contributed by atoms with Crippen LogP contribution in [0.1, 0.15) is 23.6 Å². The number of hydrogen-bond acceptors (Lipinski definition) is 5. The van der Waals surface area contributed by atoms with Crippen molar-refractivity contribution in [2.45, 2.75) is 23.8 Å². The molecule has 6 nitrogen and oxygen atoms in total. The Morgan fingerprint density at radius 2 is 1.75 bits per heavy atom. The van der Waals surface area contributed by atoms with Gasteiger partial charge < -0.3 is 14.2 Å². The first-order chi connectivity index (χ1) is 15.5. The van der Waals surface area contributed by atoms with Gasteiger partial charge in [0.05, 0.1) is 36.3 Å². The van der Waals surface area contributed by atoms with E-state index in [9.17, 15) is 8.42 Å². The van der Waals surface area contributed by atoms with Gasteiger partial charge in [-0.3, -0.25) is 0 Å². The molecule has 1 aliphatic heterocycles. The lowest BCUT2D eigenvalue weighted by Crippen LogP contribution is -2.30. The van der Waals surface area contributed by atoms with E-state index >= 15 is 0 Å². The minimum Gasteiger partial charge on any atom is -0.495 e. The fourth-order valence-electron chi connectivity index (χ4n) is 3.54. The summed E-state index contributed by atoms with van der Waals surface area (Å²) >= 11 is 6.17. The molecule has 0 fully saturated rings. The van der Waals surface area contributed by atoms with Crippen LogP contribution in [0, 0.1) is 0 Å². The van der Waals surface area contributed by atoms with E-state index in [4.69, 9.17) is 25.8 Å². The Balaban J connectivity index is 1.68. The molecule has 1 aliphatic rings. The molecule has 1 N–H and O–H groups in total. The van der Waals surface area contributed by atoms with E-state index < -0.39 is 16.1 Å². The standard InChI is InChI=1S/C24H24ClNO5S/c1-29-22-11-9-19(16-20(22)25)32(27,28)26-21(14-17-6-3-2-4-7-17)18-8-10-23-24(15-18)31-13-5-12-30-23/h2-4,6-11,15-16,21,26H,5,12-14H2,1H3. The highest BCUT2D eigenvalue weighted by molar-refractivity contribution is 7.89. The van der Waals surface area contributed by atoms with E-state index in [0.717, 1.165) is 17.5 Å². The predicted molar refractivity (Wildman–Crippen MR) is 123 cm³/mol. The van der Waals surface area contributed by atoms with Crippen LogP contribution in [-0.2, 0) is 16.4 Å². The smallest absolute Gasteiger partial charge is 0.241 e. The zero-order valence-electron chi connectivity index (χ0n) is 17.6. The molecule has 0 saturated heterocycles. The Morgan fingerprint density at radius 3 is 2.47 bits per heavy atom. The Bertz CT molecular complexity index is 1180. The van der Waals surface area contributed by atoms with E-state index in [1.165, 1.54) is 25.3 Å². The predicted octanol–water partition coefficient (Wildman–Crippen LogP) is 4.77. The summed E-state index contributed by atoms with van der Waals surface area (Å²) in [7, 11) is -2.39. The maximum Gasteiger partial charge on any atom is 0.241 e. The minimum atomic E-state index is -3.87. The molecule has 0 aromatic heterocycles. The van der Waals surface area contributed by atoms with Crippen molar-refractivity contribution in [2.24, 2.45) is 0 Å². The summed E-state index contributed by atoms with van der Waals surface area (Å²) in [5, 5.41) is 0.227. The van der Waals surface area contributed by atoms with Crippen molar-refractivity contribution in [2.75, 3.05) is 20.3 Å². The highest BCUT2D eigenvalue weighted by Gasteiger charge is 2.24. The number of benzene rings is 3. The van der Waals surface area contributed by atoms with Crippen LogP contribution in [0.15, 0.2) is 71.6 Å². The van der Waals surface area contributed by atoms with Gasteiger partial charge in [-0.25, -0.2) is 13.1 Å². The largest absolute Gasteiger partial charge is 0.495 e. The topological polar surface area (TPSA) is 73.9 Å². The lowest BCUT2D eigenvalue weighted by Gasteiger charge is -2.21. The van der Waals surface area contributed by atoms with Crippen molar-refractivity contribution in [1.29, 1.82) is 0 Å². The summed E-state index contributed by atoms with van der Waals surface area (Å²) in [5.41, 5.74) is 1.78. The summed E-state index contributed by atoms with van der Waals surface area (Å²) in [5.74, 6) is 1.69. The molecule has 168 valence electrons. The molecule has 4 rings (SSSR count). The number of hydrogen-bond donors (Lipinski definition) is 1. The van der Waals surface area contributed by atoms with Crippen molar-refractivity contribution < 1.29 is 22.6 Å². The van der Waals surface area contributed by atoms with Gasteiger partial charge in [0.2, 0.25) is 10.0 Å². The number of methoxy groups -OCH3 is 1. The molecule has 0 radical (unpaired) electrons. The molecule has 3 aromatic carbocycles. The van der Waals surface area contributed by atoms with Crippen LogP contribution < -0.4 is 18.9 Å². The molecule has 1 unspecified atom stereocenters. The van der Waals surface area contributed by atoms with Gasteiger partial charge in [0.1, 0.15) is 5.75 Å². The highest BCUT2D eigenvalue weighted by atomic mass is 35.5. The number of nitrogens with one attached hydrogen (secondary N) is 1. The van der Waals surface area contributed by atoms with Crippen LogP contribution >= 0.6 is 11.6 Å². The summed E-state index contributed by atoms with van der Waals surface area (Å²) in [6.07, 6.45) is 1.26. The van der Waals surface area contributed by atoms with E-state index in [1.807, 2.05) is 48.5 Å². The maximum atomic E-state index is 13.2. The molecule has 0 spiro atoms. The molecule has 1 atom stereocenters. The molecule has 8 heteroatoms. The molecule has 0 bridgehead atoms. The first-order valence-electron chi connectivity index (χ1n) is 10.3. The Labute approximate surface area is 193 Å². The number of ether oxygens (including phenoxy) is 3. The molecule has 1 heterocycles. The second kappa shape index (κ2) is 9.81. The lowest BCUT2D eigenvalue weighted by atomic mass is 9.99. The van der Waals surface area contributed by atoms with E-state index in [2.05, 4.69) is 4.72 Å². The van der Waals surface area contributed by atoms with Gasteiger partial charge in [-0.1, -0.05) is 48.0 Å². The number of halogens is 1. The van der Waals surface area contributed by atoms with Gasteiger partial charge in [0, 0.05) is 6.42 Å². The van der Waals surface area contributed by atoms with Crippen LogP contribution in [0.4, 0.5) is 0 Å². The van der Waals surface area contributed by atoms with Crippen LogP contribution in [0.25, 0.3) is 0 Å². The third-order valence-electron chi connectivity index (χ3n) is 5.19. The Morgan fingerprint density at radius 1 is 1.00 bits per heavy atom. The van der Waals surface area contributed by atoms with Crippen molar-refractivity contribution in [3.63, 3.8) is 0 Å². The minimum absolute atomic E-state index is 0.0655. The Kier molecular flexibility index (Phi) is 6.89. The highest BCUT2D eigenvalue weighted by Crippen LogP contribution is 2.34. The molecular formula is C24H24ClNO5S. The third kappa shape index (κ3) is 5.18. The fourth-order valence-corrected chi connectivity index (χ4v) is 5.12. The maximum absolute atomic E-state index is 13.2. The average Bonchev–Trinajstić information content (AvgIpc) is 3.04. The van der Waals surface area contributed by atoms with E-state index in [0.29, 0.717) is 36.9 Å². The molecule has 0 amide bonds. The average molecular weight is 474 g/mol. The van der Waals surface area contributed by atoms with Gasteiger partial charge >= 0.3 is 0 Å². The van der Waals surface area contributed by atoms with Crippen molar-refractivity contribution >= 4 is 21.6 Å².